The number of hydrogen-bond acceptors (Lipinski definition) is 3. The molecule has 2 heterocycles. The zero-order valence-corrected chi connectivity index (χ0v) is 8.10. The first-order chi connectivity index (χ1) is 5.68. The summed E-state index contributed by atoms with van der Waals surface area (Å²) in [7, 11) is 2.49. The maximum absolute atomic E-state index is 4.31. The van der Waals surface area contributed by atoms with E-state index in [9.17, 15) is 0 Å². The van der Waals surface area contributed by atoms with Crippen LogP contribution in [-0.4, -0.2) is 19.5 Å². The Morgan fingerprint density at radius 2 is 2.17 bits per heavy atom. The average molecular weight is 180 g/mol. The number of nitrogens with zero attached hydrogens (tertiary/aromatic N) is 4. The molecule has 0 saturated carbocycles. The van der Waals surface area contributed by atoms with Gasteiger partial charge >= 0.3 is 0 Å². The fourth-order valence-electron chi connectivity index (χ4n) is 1.14. The minimum atomic E-state index is 0.817. The molecule has 62 valence electrons. The molecule has 1 atom stereocenters. The SMILES string of the molecule is Cc1cnc2c(C)nn(P)c2n1. The van der Waals surface area contributed by atoms with Crippen molar-refractivity contribution in [1.29, 1.82) is 0 Å². The number of rotatable bonds is 0. The molecule has 0 N–H and O–H groups in total. The Balaban J connectivity index is 2.90. The van der Waals surface area contributed by atoms with Gasteiger partial charge in [0.05, 0.1) is 11.4 Å². The van der Waals surface area contributed by atoms with E-state index >= 15 is 0 Å². The highest BCUT2D eigenvalue weighted by atomic mass is 31.0. The van der Waals surface area contributed by atoms with Gasteiger partial charge in [-0.1, -0.05) is 0 Å². The minimum absolute atomic E-state index is 0.817. The van der Waals surface area contributed by atoms with Gasteiger partial charge in [-0.2, -0.15) is 5.10 Å². The van der Waals surface area contributed by atoms with E-state index in [1.165, 1.54) is 0 Å². The third-order valence-corrected chi connectivity index (χ3v) is 2.05. The van der Waals surface area contributed by atoms with E-state index in [2.05, 4.69) is 24.5 Å². The second kappa shape index (κ2) is 2.49. The number of fused-ring (bicyclic) bond motifs is 1. The lowest BCUT2D eigenvalue weighted by molar-refractivity contribution is 0.986. The summed E-state index contributed by atoms with van der Waals surface area (Å²) < 4.78 is 1.67. The van der Waals surface area contributed by atoms with E-state index in [0.717, 1.165) is 22.6 Å². The lowest BCUT2D eigenvalue weighted by Crippen LogP contribution is -1.88. The van der Waals surface area contributed by atoms with Crippen LogP contribution in [0.4, 0.5) is 0 Å². The minimum Gasteiger partial charge on any atom is -0.249 e. The molecule has 2 aromatic heterocycles. The van der Waals surface area contributed by atoms with Crippen LogP contribution >= 0.6 is 9.39 Å². The molecule has 4 nitrogen and oxygen atoms in total. The third kappa shape index (κ3) is 0.994. The van der Waals surface area contributed by atoms with Crippen LogP contribution in [0.1, 0.15) is 11.4 Å². The fourth-order valence-corrected chi connectivity index (χ4v) is 1.49. The lowest BCUT2D eigenvalue weighted by Gasteiger charge is -1.92. The summed E-state index contributed by atoms with van der Waals surface area (Å²) in [5.74, 6) is 0. The molecule has 0 aromatic carbocycles. The first kappa shape index (κ1) is 7.62. The normalized spacial score (nSPS) is 10.9. The van der Waals surface area contributed by atoms with Gasteiger partial charge in [0, 0.05) is 6.20 Å². The quantitative estimate of drug-likeness (QED) is 0.570. The van der Waals surface area contributed by atoms with Gasteiger partial charge in [-0.05, 0) is 23.2 Å². The van der Waals surface area contributed by atoms with E-state index in [1.54, 1.807) is 10.6 Å². The molecule has 5 heteroatoms. The van der Waals surface area contributed by atoms with E-state index in [4.69, 9.17) is 0 Å². The highest BCUT2D eigenvalue weighted by molar-refractivity contribution is 7.14. The van der Waals surface area contributed by atoms with Crippen molar-refractivity contribution in [3.63, 3.8) is 0 Å². The van der Waals surface area contributed by atoms with Gasteiger partial charge in [0.25, 0.3) is 0 Å². The van der Waals surface area contributed by atoms with Gasteiger partial charge in [0.2, 0.25) is 0 Å². The van der Waals surface area contributed by atoms with Crippen molar-refractivity contribution in [2.75, 3.05) is 0 Å². The second-order valence-electron chi connectivity index (χ2n) is 2.71. The standard InChI is InChI=1S/C7H9N4P/c1-4-3-8-6-5(2)10-11(12)7(6)9-4/h3H,12H2,1-2H3. The summed E-state index contributed by atoms with van der Waals surface area (Å²) in [5.41, 5.74) is 3.51. The van der Waals surface area contributed by atoms with Crippen molar-refractivity contribution in [3.05, 3.63) is 17.6 Å². The van der Waals surface area contributed by atoms with E-state index in [0.29, 0.717) is 0 Å². The van der Waals surface area contributed by atoms with Gasteiger partial charge in [-0.25, -0.2) is 14.4 Å². The molecule has 0 aliphatic carbocycles. The van der Waals surface area contributed by atoms with Crippen LogP contribution in [0, 0.1) is 13.8 Å². The van der Waals surface area contributed by atoms with Crippen LogP contribution in [0.25, 0.3) is 11.2 Å². The molecule has 12 heavy (non-hydrogen) atoms. The van der Waals surface area contributed by atoms with E-state index in [1.807, 2.05) is 13.8 Å². The van der Waals surface area contributed by atoms with Gasteiger partial charge in [0.1, 0.15) is 5.52 Å². The van der Waals surface area contributed by atoms with Crippen LogP contribution < -0.4 is 0 Å². The van der Waals surface area contributed by atoms with E-state index in [-0.39, 0.29) is 0 Å². The van der Waals surface area contributed by atoms with Crippen molar-refractivity contribution in [2.45, 2.75) is 13.8 Å². The molecule has 2 aromatic rings. The highest BCUT2D eigenvalue weighted by Gasteiger charge is 2.06. The number of aryl methyl sites for hydroxylation is 2. The van der Waals surface area contributed by atoms with E-state index < -0.39 is 0 Å². The Morgan fingerprint density at radius 1 is 1.42 bits per heavy atom. The number of hydrogen-bond donors (Lipinski definition) is 0. The maximum Gasteiger partial charge on any atom is 0.180 e. The van der Waals surface area contributed by atoms with Crippen molar-refractivity contribution in [1.82, 2.24) is 19.5 Å². The maximum atomic E-state index is 4.31. The Kier molecular flexibility index (Phi) is 1.58. The van der Waals surface area contributed by atoms with Crippen LogP contribution in [0.15, 0.2) is 6.20 Å². The topological polar surface area (TPSA) is 43.6 Å². The Hall–Kier alpha value is -1.02. The Morgan fingerprint density at radius 3 is 2.92 bits per heavy atom. The third-order valence-electron chi connectivity index (χ3n) is 1.69. The van der Waals surface area contributed by atoms with Crippen LogP contribution in [0.3, 0.4) is 0 Å². The second-order valence-corrected chi connectivity index (χ2v) is 3.20. The number of aromatic nitrogens is 4. The van der Waals surface area contributed by atoms with Crippen molar-refractivity contribution in [2.24, 2.45) is 0 Å². The summed E-state index contributed by atoms with van der Waals surface area (Å²) in [5, 5.41) is 4.19. The summed E-state index contributed by atoms with van der Waals surface area (Å²) in [6.07, 6.45) is 1.75. The van der Waals surface area contributed by atoms with Crippen LogP contribution in [0.2, 0.25) is 0 Å². The zero-order chi connectivity index (χ0) is 8.72. The van der Waals surface area contributed by atoms with Crippen molar-refractivity contribution < 1.29 is 0 Å². The predicted octanol–water partition coefficient (Wildman–Crippen LogP) is 1.08. The smallest absolute Gasteiger partial charge is 0.180 e. The first-order valence-electron chi connectivity index (χ1n) is 3.62. The molecule has 0 aliphatic heterocycles. The Labute approximate surface area is 72.3 Å². The van der Waals surface area contributed by atoms with Crippen LogP contribution in [-0.2, 0) is 0 Å². The molecule has 0 fully saturated rings. The van der Waals surface area contributed by atoms with Gasteiger partial charge in [0.15, 0.2) is 5.65 Å². The Bertz CT molecular complexity index is 434. The van der Waals surface area contributed by atoms with Crippen molar-refractivity contribution in [3.8, 4) is 0 Å². The molecule has 0 aliphatic rings. The fraction of sp³-hybridized carbons (Fsp3) is 0.286. The highest BCUT2D eigenvalue weighted by Crippen LogP contribution is 2.14. The summed E-state index contributed by atoms with van der Waals surface area (Å²) in [4.78, 5) is 8.56. The summed E-state index contributed by atoms with van der Waals surface area (Å²) in [6.45, 7) is 3.84. The molecule has 2 rings (SSSR count). The van der Waals surface area contributed by atoms with Crippen molar-refractivity contribution >= 4 is 20.6 Å². The molecule has 1 unspecified atom stereocenters. The molecule has 0 radical (unpaired) electrons. The predicted molar refractivity (Wildman–Crippen MR) is 49.9 cm³/mol. The average Bonchev–Trinajstić information content (AvgIpc) is 2.28. The van der Waals surface area contributed by atoms with Gasteiger partial charge in [-0.3, -0.25) is 0 Å². The van der Waals surface area contributed by atoms with Gasteiger partial charge < -0.3 is 0 Å². The monoisotopic (exact) mass is 180 g/mol. The molecular weight excluding hydrogens is 171 g/mol. The van der Waals surface area contributed by atoms with Gasteiger partial charge in [-0.15, -0.1) is 0 Å². The molecule has 0 amide bonds. The van der Waals surface area contributed by atoms with Crippen LogP contribution in [0.5, 0.6) is 0 Å². The molecule has 0 bridgehead atoms. The zero-order valence-electron chi connectivity index (χ0n) is 6.94. The molecule has 0 saturated heterocycles. The largest absolute Gasteiger partial charge is 0.249 e. The molecule has 0 spiro atoms. The summed E-state index contributed by atoms with van der Waals surface area (Å²) >= 11 is 0. The lowest BCUT2D eigenvalue weighted by atomic mass is 10.4. The first-order valence-corrected chi connectivity index (χ1v) is 4.14. The molecular formula is C7H9N4P. The summed E-state index contributed by atoms with van der Waals surface area (Å²) in [6, 6.07) is 0.